The minimum atomic E-state index is 0.223. The summed E-state index contributed by atoms with van der Waals surface area (Å²) in [5.41, 5.74) is 0. The van der Waals surface area contributed by atoms with Crippen LogP contribution in [0.4, 0.5) is 0 Å². The lowest BCUT2D eigenvalue weighted by Crippen LogP contribution is -2.13. The largest absolute Gasteiger partial charge is 0.396 e. The van der Waals surface area contributed by atoms with Crippen LogP contribution in [-0.4, -0.2) is 23.4 Å². The molecule has 2 nitrogen and oxygen atoms in total. The summed E-state index contributed by atoms with van der Waals surface area (Å²) in [6.07, 6.45) is 0.793. The second-order valence-electron chi connectivity index (χ2n) is 2.65. The Morgan fingerprint density at radius 1 is 1.11 bits per heavy atom. The number of rotatable bonds is 4. The summed E-state index contributed by atoms with van der Waals surface area (Å²) >= 11 is 0. The van der Waals surface area contributed by atoms with E-state index in [0.717, 1.165) is 6.42 Å². The third-order valence-electron chi connectivity index (χ3n) is 1.84. The Morgan fingerprint density at radius 3 is 2.00 bits per heavy atom. The molecule has 0 aromatic carbocycles. The van der Waals surface area contributed by atoms with Gasteiger partial charge in [-0.1, -0.05) is 13.8 Å². The van der Waals surface area contributed by atoms with E-state index in [1.165, 1.54) is 0 Å². The van der Waals surface area contributed by atoms with Crippen molar-refractivity contribution >= 4 is 0 Å². The van der Waals surface area contributed by atoms with E-state index in [2.05, 4.69) is 0 Å². The molecule has 2 atom stereocenters. The maximum Gasteiger partial charge on any atom is 0.0459 e. The highest BCUT2D eigenvalue weighted by molar-refractivity contribution is 4.59. The van der Waals surface area contributed by atoms with Crippen molar-refractivity contribution in [2.45, 2.75) is 20.3 Å². The van der Waals surface area contributed by atoms with Crippen LogP contribution in [0.3, 0.4) is 0 Å². The molecule has 0 bridgehead atoms. The first kappa shape index (κ1) is 8.92. The molecule has 9 heavy (non-hydrogen) atoms. The molecular weight excluding hydrogens is 116 g/mol. The monoisotopic (exact) mass is 132 g/mol. The molecule has 2 heteroatoms. The van der Waals surface area contributed by atoms with Gasteiger partial charge in [0, 0.05) is 13.2 Å². The Bertz CT molecular complexity index is 63.9. The third-order valence-corrected chi connectivity index (χ3v) is 1.84. The van der Waals surface area contributed by atoms with Crippen LogP contribution in [0, 0.1) is 11.8 Å². The summed E-state index contributed by atoms with van der Waals surface area (Å²) in [4.78, 5) is 0. The zero-order valence-electron chi connectivity index (χ0n) is 6.17. The van der Waals surface area contributed by atoms with Gasteiger partial charge in [-0.05, 0) is 18.3 Å². The van der Waals surface area contributed by atoms with Gasteiger partial charge < -0.3 is 10.2 Å². The summed E-state index contributed by atoms with van der Waals surface area (Å²) in [5.74, 6) is 0.747. The van der Waals surface area contributed by atoms with Gasteiger partial charge in [0.2, 0.25) is 0 Å². The molecule has 0 unspecified atom stereocenters. The van der Waals surface area contributed by atoms with Crippen LogP contribution in [0.5, 0.6) is 0 Å². The van der Waals surface area contributed by atoms with E-state index in [1.807, 2.05) is 13.8 Å². The highest BCUT2D eigenvalue weighted by atomic mass is 16.3. The molecule has 0 heterocycles. The molecule has 0 aromatic rings. The van der Waals surface area contributed by atoms with Crippen molar-refractivity contribution in [1.82, 2.24) is 0 Å². The highest BCUT2D eigenvalue weighted by Gasteiger charge is 2.08. The first-order valence-corrected chi connectivity index (χ1v) is 3.44. The molecule has 2 N–H and O–H groups in total. The maximum atomic E-state index is 8.65. The van der Waals surface area contributed by atoms with Gasteiger partial charge in [0.05, 0.1) is 0 Å². The van der Waals surface area contributed by atoms with Gasteiger partial charge in [-0.15, -0.1) is 0 Å². The first-order valence-electron chi connectivity index (χ1n) is 3.44. The molecule has 0 saturated heterocycles. The fourth-order valence-corrected chi connectivity index (χ4v) is 0.668. The van der Waals surface area contributed by atoms with Crippen LogP contribution < -0.4 is 0 Å². The molecule has 0 amide bonds. The summed E-state index contributed by atoms with van der Waals surface area (Å²) in [7, 11) is 0. The standard InChI is InChI=1S/C7H16O2/c1-6(3-4-8)7(2)5-9/h6-9H,3-5H2,1-2H3/t6-,7+/m1/s1. The van der Waals surface area contributed by atoms with Crippen LogP contribution in [-0.2, 0) is 0 Å². The van der Waals surface area contributed by atoms with Crippen molar-refractivity contribution in [3.8, 4) is 0 Å². The van der Waals surface area contributed by atoms with E-state index in [0.29, 0.717) is 11.8 Å². The molecule has 0 spiro atoms. The highest BCUT2D eigenvalue weighted by Crippen LogP contribution is 2.12. The predicted octanol–water partition coefficient (Wildman–Crippen LogP) is 0.633. The van der Waals surface area contributed by atoms with Crippen molar-refractivity contribution in [3.63, 3.8) is 0 Å². The molecule has 0 aliphatic rings. The Morgan fingerprint density at radius 2 is 1.67 bits per heavy atom. The zero-order valence-corrected chi connectivity index (χ0v) is 6.17. The van der Waals surface area contributed by atoms with E-state index in [-0.39, 0.29) is 13.2 Å². The smallest absolute Gasteiger partial charge is 0.0459 e. The maximum absolute atomic E-state index is 8.65. The Balaban J connectivity index is 3.32. The number of aliphatic hydroxyl groups is 2. The normalized spacial score (nSPS) is 17.3. The molecule has 0 saturated carbocycles. The van der Waals surface area contributed by atoms with Crippen molar-refractivity contribution in [3.05, 3.63) is 0 Å². The van der Waals surface area contributed by atoms with Gasteiger partial charge >= 0.3 is 0 Å². The third kappa shape index (κ3) is 3.49. The van der Waals surface area contributed by atoms with Crippen LogP contribution in [0.25, 0.3) is 0 Å². The number of hydrogen-bond donors (Lipinski definition) is 2. The molecule has 0 aliphatic heterocycles. The van der Waals surface area contributed by atoms with Gasteiger partial charge in [0.25, 0.3) is 0 Å². The molecule has 0 fully saturated rings. The van der Waals surface area contributed by atoms with Crippen molar-refractivity contribution in [1.29, 1.82) is 0 Å². The topological polar surface area (TPSA) is 40.5 Å². The van der Waals surface area contributed by atoms with Gasteiger partial charge in [0.15, 0.2) is 0 Å². The van der Waals surface area contributed by atoms with E-state index in [4.69, 9.17) is 10.2 Å². The lowest BCUT2D eigenvalue weighted by atomic mass is 9.94. The molecule has 0 rings (SSSR count). The Kier molecular flexibility index (Phi) is 4.72. The van der Waals surface area contributed by atoms with Crippen LogP contribution in [0.15, 0.2) is 0 Å². The summed E-state index contributed by atoms with van der Waals surface area (Å²) in [5, 5.41) is 17.1. The van der Waals surface area contributed by atoms with E-state index in [1.54, 1.807) is 0 Å². The van der Waals surface area contributed by atoms with E-state index in [9.17, 15) is 0 Å². The van der Waals surface area contributed by atoms with Gasteiger partial charge in [0.1, 0.15) is 0 Å². The second kappa shape index (κ2) is 4.77. The summed E-state index contributed by atoms with van der Waals surface area (Å²) in [6.45, 7) is 4.48. The zero-order chi connectivity index (χ0) is 7.28. The van der Waals surface area contributed by atoms with Crippen molar-refractivity contribution < 1.29 is 10.2 Å². The Hall–Kier alpha value is -0.0800. The van der Waals surface area contributed by atoms with Gasteiger partial charge in [-0.2, -0.15) is 0 Å². The lowest BCUT2D eigenvalue weighted by Gasteiger charge is -2.15. The molecule has 0 radical (unpaired) electrons. The van der Waals surface area contributed by atoms with Gasteiger partial charge in [-0.3, -0.25) is 0 Å². The number of hydrogen-bond acceptors (Lipinski definition) is 2. The molecule has 0 aliphatic carbocycles. The summed E-state index contributed by atoms with van der Waals surface area (Å²) in [6, 6.07) is 0. The van der Waals surface area contributed by atoms with E-state index < -0.39 is 0 Å². The average Bonchev–Trinajstić information content (AvgIpc) is 1.87. The molecule has 0 aromatic heterocycles. The SMILES string of the molecule is C[C@H](CCO)[C@@H](C)CO. The second-order valence-corrected chi connectivity index (χ2v) is 2.65. The summed E-state index contributed by atoms with van der Waals surface area (Å²) < 4.78 is 0. The molecule has 56 valence electrons. The fraction of sp³-hybridized carbons (Fsp3) is 1.00. The minimum Gasteiger partial charge on any atom is -0.396 e. The van der Waals surface area contributed by atoms with Crippen LogP contribution >= 0.6 is 0 Å². The van der Waals surface area contributed by atoms with E-state index >= 15 is 0 Å². The predicted molar refractivity (Wildman–Crippen MR) is 37.1 cm³/mol. The lowest BCUT2D eigenvalue weighted by molar-refractivity contribution is 0.169. The van der Waals surface area contributed by atoms with Gasteiger partial charge in [-0.25, -0.2) is 0 Å². The average molecular weight is 132 g/mol. The van der Waals surface area contributed by atoms with Crippen molar-refractivity contribution in [2.75, 3.05) is 13.2 Å². The molecular formula is C7H16O2. The quantitative estimate of drug-likeness (QED) is 0.589. The van der Waals surface area contributed by atoms with Crippen molar-refractivity contribution in [2.24, 2.45) is 11.8 Å². The fourth-order valence-electron chi connectivity index (χ4n) is 0.668. The van der Waals surface area contributed by atoms with Crippen LogP contribution in [0.1, 0.15) is 20.3 Å². The Labute approximate surface area is 56.5 Å². The van der Waals surface area contributed by atoms with Crippen LogP contribution in [0.2, 0.25) is 0 Å². The first-order chi connectivity index (χ1) is 4.22. The minimum absolute atomic E-state index is 0.223. The number of aliphatic hydroxyl groups excluding tert-OH is 2.